The number of benzene rings is 1. The zero-order valence-corrected chi connectivity index (χ0v) is 17.4. The zero-order valence-electron chi connectivity index (χ0n) is 16.4. The van der Waals surface area contributed by atoms with E-state index in [-0.39, 0.29) is 12.2 Å². The number of hydrogen-bond acceptors (Lipinski definition) is 6. The van der Waals surface area contributed by atoms with Crippen LogP contribution in [0, 0.1) is 0 Å². The van der Waals surface area contributed by atoms with Gasteiger partial charge in [0, 0.05) is 32.4 Å². The third-order valence-corrected chi connectivity index (χ3v) is 7.23. The zero-order chi connectivity index (χ0) is 19.5. The van der Waals surface area contributed by atoms with Crippen molar-refractivity contribution < 1.29 is 27.5 Å². The first-order valence-electron chi connectivity index (χ1n) is 9.67. The highest BCUT2D eigenvalue weighted by atomic mass is 28.4. The van der Waals surface area contributed by atoms with Gasteiger partial charge in [0.25, 0.3) is 0 Å². The normalized spacial score (nSPS) is 17.4. The Morgan fingerprint density at radius 3 is 2.26 bits per heavy atom. The average Bonchev–Trinajstić information content (AvgIpc) is 3.50. The Morgan fingerprint density at radius 1 is 1.15 bits per heavy atom. The van der Waals surface area contributed by atoms with Crippen molar-refractivity contribution in [1.29, 1.82) is 0 Å². The average molecular weight is 398 g/mol. The van der Waals surface area contributed by atoms with Crippen LogP contribution in [0.4, 0.5) is 4.79 Å². The predicted molar refractivity (Wildman–Crippen MR) is 103 cm³/mol. The Bertz CT molecular complexity index is 537. The standard InChI is InChI=1S/C19H31NO6Si/c1-4-23-27(24-5-2,25-6-3)14-10-13-20-19(21)26-18(17-15-22-17)16-11-8-7-9-12-16/h7-9,11-12,17-18H,4-6,10,13-15H2,1-3H3,(H,20,21). The topological polar surface area (TPSA) is 78.6 Å². The summed E-state index contributed by atoms with van der Waals surface area (Å²) in [6.45, 7) is 8.49. The van der Waals surface area contributed by atoms with Crippen LogP contribution in [0.25, 0.3) is 0 Å². The second-order valence-corrected chi connectivity index (χ2v) is 8.85. The number of hydrogen-bond donors (Lipinski definition) is 1. The summed E-state index contributed by atoms with van der Waals surface area (Å²) in [6, 6.07) is 10.3. The minimum atomic E-state index is -2.67. The predicted octanol–water partition coefficient (Wildman–Crippen LogP) is 3.29. The van der Waals surface area contributed by atoms with Crippen molar-refractivity contribution in [1.82, 2.24) is 5.32 Å². The van der Waals surface area contributed by atoms with E-state index >= 15 is 0 Å². The molecular formula is C19H31NO6Si. The molecule has 1 saturated heterocycles. The van der Waals surface area contributed by atoms with Crippen LogP contribution >= 0.6 is 0 Å². The minimum absolute atomic E-state index is 0.0629. The number of nitrogens with one attached hydrogen (secondary N) is 1. The highest BCUT2D eigenvalue weighted by molar-refractivity contribution is 6.60. The van der Waals surface area contributed by atoms with Crippen molar-refractivity contribution in [2.75, 3.05) is 33.0 Å². The van der Waals surface area contributed by atoms with Gasteiger partial charge in [0.1, 0.15) is 6.10 Å². The lowest BCUT2D eigenvalue weighted by Gasteiger charge is -2.28. The van der Waals surface area contributed by atoms with Gasteiger partial charge in [-0.05, 0) is 32.8 Å². The molecule has 1 fully saturated rings. The molecule has 1 heterocycles. The number of ether oxygens (including phenoxy) is 2. The van der Waals surface area contributed by atoms with Gasteiger partial charge >= 0.3 is 14.9 Å². The molecule has 2 atom stereocenters. The van der Waals surface area contributed by atoms with Gasteiger partial charge in [0.15, 0.2) is 6.10 Å². The minimum Gasteiger partial charge on any atom is -0.438 e. The number of carbonyl (C=O) groups is 1. The monoisotopic (exact) mass is 397 g/mol. The van der Waals surface area contributed by atoms with Crippen molar-refractivity contribution in [2.45, 2.75) is 45.4 Å². The van der Waals surface area contributed by atoms with E-state index in [4.69, 9.17) is 22.8 Å². The highest BCUT2D eigenvalue weighted by Crippen LogP contribution is 2.30. The van der Waals surface area contributed by atoms with Crippen molar-refractivity contribution in [3.8, 4) is 0 Å². The van der Waals surface area contributed by atoms with Crippen LogP contribution in [0.1, 0.15) is 38.9 Å². The Morgan fingerprint density at radius 2 is 1.74 bits per heavy atom. The summed E-state index contributed by atoms with van der Waals surface area (Å²) in [5.41, 5.74) is 0.936. The summed E-state index contributed by atoms with van der Waals surface area (Å²) in [4.78, 5) is 12.2. The largest absolute Gasteiger partial charge is 0.500 e. The number of alkyl carbamates (subject to hydrolysis) is 1. The summed E-state index contributed by atoms with van der Waals surface area (Å²) < 4.78 is 28.3. The van der Waals surface area contributed by atoms with Gasteiger partial charge in [-0.2, -0.15) is 0 Å². The summed E-state index contributed by atoms with van der Waals surface area (Å²) in [7, 11) is -2.67. The van der Waals surface area contributed by atoms with Crippen molar-refractivity contribution in [2.24, 2.45) is 0 Å². The lowest BCUT2D eigenvalue weighted by Crippen LogP contribution is -2.46. The van der Waals surface area contributed by atoms with Gasteiger partial charge in [-0.3, -0.25) is 0 Å². The highest BCUT2D eigenvalue weighted by Gasteiger charge is 2.40. The van der Waals surface area contributed by atoms with E-state index in [0.717, 1.165) is 5.56 Å². The fourth-order valence-electron chi connectivity index (χ4n) is 2.89. The third kappa shape index (κ3) is 7.23. The first kappa shape index (κ1) is 21.8. The molecule has 1 aromatic rings. The molecule has 0 saturated carbocycles. The van der Waals surface area contributed by atoms with Gasteiger partial charge in [0.05, 0.1) is 6.61 Å². The van der Waals surface area contributed by atoms with Gasteiger partial charge < -0.3 is 28.1 Å². The molecule has 0 aromatic heterocycles. The Balaban J connectivity index is 1.79. The molecule has 8 heteroatoms. The summed E-state index contributed by atoms with van der Waals surface area (Å²) in [6.07, 6.45) is -0.199. The maximum atomic E-state index is 12.2. The molecule has 152 valence electrons. The molecule has 27 heavy (non-hydrogen) atoms. The molecule has 1 amide bonds. The quantitative estimate of drug-likeness (QED) is 0.313. The van der Waals surface area contributed by atoms with Gasteiger partial charge in [0.2, 0.25) is 0 Å². The molecule has 2 rings (SSSR count). The molecule has 0 bridgehead atoms. The number of epoxide rings is 1. The fraction of sp³-hybridized carbons (Fsp3) is 0.632. The molecule has 7 nitrogen and oxygen atoms in total. The maximum Gasteiger partial charge on any atom is 0.500 e. The van der Waals surface area contributed by atoms with Crippen LogP contribution in [0.2, 0.25) is 6.04 Å². The number of amides is 1. The van der Waals surface area contributed by atoms with E-state index in [1.807, 2.05) is 51.1 Å². The second kappa shape index (κ2) is 11.4. The van der Waals surface area contributed by atoms with E-state index in [1.54, 1.807) is 0 Å². The number of carbonyl (C=O) groups excluding carboxylic acids is 1. The molecule has 0 aliphatic carbocycles. The lowest BCUT2D eigenvalue weighted by atomic mass is 10.1. The summed E-state index contributed by atoms with van der Waals surface area (Å²) >= 11 is 0. The molecule has 1 N–H and O–H groups in total. The van der Waals surface area contributed by atoms with E-state index in [2.05, 4.69) is 5.32 Å². The van der Waals surface area contributed by atoms with Gasteiger partial charge in [-0.15, -0.1) is 0 Å². The van der Waals surface area contributed by atoms with Crippen LogP contribution < -0.4 is 5.32 Å². The summed E-state index contributed by atoms with van der Waals surface area (Å²) in [5, 5.41) is 2.80. The van der Waals surface area contributed by atoms with E-state index in [0.29, 0.717) is 45.4 Å². The van der Waals surface area contributed by atoms with Crippen molar-refractivity contribution in [3.05, 3.63) is 35.9 Å². The first-order chi connectivity index (χ1) is 13.1. The van der Waals surface area contributed by atoms with Crippen molar-refractivity contribution in [3.63, 3.8) is 0 Å². The fourth-order valence-corrected chi connectivity index (χ4v) is 5.50. The molecule has 1 aromatic carbocycles. The smallest absolute Gasteiger partial charge is 0.438 e. The molecule has 1 aliphatic rings. The van der Waals surface area contributed by atoms with Crippen LogP contribution in [-0.2, 0) is 22.8 Å². The van der Waals surface area contributed by atoms with Gasteiger partial charge in [-0.1, -0.05) is 30.3 Å². The van der Waals surface area contributed by atoms with E-state index in [9.17, 15) is 4.79 Å². The molecule has 0 radical (unpaired) electrons. The molecule has 0 spiro atoms. The molecular weight excluding hydrogens is 366 g/mol. The molecule has 1 aliphatic heterocycles. The Hall–Kier alpha value is -1.45. The first-order valence-corrected chi connectivity index (χ1v) is 11.6. The maximum absolute atomic E-state index is 12.2. The van der Waals surface area contributed by atoms with Crippen LogP contribution in [-0.4, -0.2) is 54.0 Å². The SMILES string of the molecule is CCO[Si](CCCNC(=O)OC(c1ccccc1)C1CO1)(OCC)OCC. The van der Waals surface area contributed by atoms with Crippen LogP contribution in [0.5, 0.6) is 0 Å². The van der Waals surface area contributed by atoms with E-state index in [1.165, 1.54) is 0 Å². The van der Waals surface area contributed by atoms with Crippen LogP contribution in [0.15, 0.2) is 30.3 Å². The third-order valence-electron chi connectivity index (χ3n) is 4.08. The Kier molecular flexibility index (Phi) is 9.23. The summed E-state index contributed by atoms with van der Waals surface area (Å²) in [5.74, 6) is 0. The van der Waals surface area contributed by atoms with Gasteiger partial charge in [-0.25, -0.2) is 4.79 Å². The van der Waals surface area contributed by atoms with E-state index < -0.39 is 14.9 Å². The van der Waals surface area contributed by atoms with Crippen LogP contribution in [0.3, 0.4) is 0 Å². The Labute approximate surface area is 162 Å². The lowest BCUT2D eigenvalue weighted by molar-refractivity contribution is 0.0693. The number of rotatable bonds is 13. The van der Waals surface area contributed by atoms with Crippen molar-refractivity contribution >= 4 is 14.9 Å². The molecule has 2 unspecified atom stereocenters. The second-order valence-electron chi connectivity index (χ2n) is 6.12.